The molecular weight excluding hydrogens is 254 g/mol. The molecular formula is C20H25N. The number of hydrogen-bond donors (Lipinski definition) is 0. The molecule has 0 spiro atoms. The van der Waals surface area contributed by atoms with Crippen LogP contribution in [-0.4, -0.2) is 4.98 Å². The van der Waals surface area contributed by atoms with Gasteiger partial charge in [0.1, 0.15) is 0 Å². The second-order valence-electron chi connectivity index (χ2n) is 6.46. The van der Waals surface area contributed by atoms with E-state index in [2.05, 4.69) is 56.9 Å². The van der Waals surface area contributed by atoms with Crippen LogP contribution in [0.3, 0.4) is 0 Å². The molecule has 0 N–H and O–H groups in total. The first-order chi connectivity index (χ1) is 10.1. The zero-order valence-corrected chi connectivity index (χ0v) is 13.7. The lowest BCUT2D eigenvalue weighted by molar-refractivity contribution is 0.561. The molecule has 21 heavy (non-hydrogen) atoms. The lowest BCUT2D eigenvalue weighted by Gasteiger charge is -2.24. The van der Waals surface area contributed by atoms with Crippen LogP contribution in [0, 0.1) is 12.8 Å². The van der Waals surface area contributed by atoms with Crippen LogP contribution >= 0.6 is 0 Å². The monoisotopic (exact) mass is 279 g/mol. The molecule has 2 aromatic rings. The van der Waals surface area contributed by atoms with Crippen LogP contribution in [-0.2, 0) is 6.42 Å². The van der Waals surface area contributed by atoms with Gasteiger partial charge in [-0.05, 0) is 80.3 Å². The van der Waals surface area contributed by atoms with E-state index in [0.717, 1.165) is 23.5 Å². The Bertz CT molecular complexity index is 709. The molecule has 1 heterocycles. The Balaban J connectivity index is 2.17. The molecule has 1 heteroatoms. The van der Waals surface area contributed by atoms with Crippen LogP contribution in [0.5, 0.6) is 0 Å². The van der Waals surface area contributed by atoms with E-state index in [1.165, 1.54) is 35.8 Å². The van der Waals surface area contributed by atoms with Crippen LogP contribution < -0.4 is 0 Å². The molecule has 0 bridgehead atoms. The van der Waals surface area contributed by atoms with Gasteiger partial charge in [-0.25, -0.2) is 0 Å². The molecule has 1 aromatic carbocycles. The zero-order valence-electron chi connectivity index (χ0n) is 13.7. The predicted molar refractivity (Wildman–Crippen MR) is 91.5 cm³/mol. The van der Waals surface area contributed by atoms with Crippen molar-refractivity contribution >= 4 is 16.5 Å². The molecule has 1 aromatic heterocycles. The summed E-state index contributed by atoms with van der Waals surface area (Å²) < 4.78 is 0. The standard InChI is InChI=1S/C20H25N/c1-5-16-11-14(3)21-20-10-9-17(12-19(16)20)18-8-6-7-13(2)15(18)4/h9-13H,5-8H2,1-4H3. The van der Waals surface area contributed by atoms with Crippen LogP contribution in [0.25, 0.3) is 16.5 Å². The van der Waals surface area contributed by atoms with Gasteiger partial charge in [0.05, 0.1) is 5.52 Å². The summed E-state index contributed by atoms with van der Waals surface area (Å²) in [6.07, 6.45) is 4.95. The van der Waals surface area contributed by atoms with Gasteiger partial charge in [-0.3, -0.25) is 4.98 Å². The van der Waals surface area contributed by atoms with E-state index in [4.69, 9.17) is 0 Å². The lowest BCUT2D eigenvalue weighted by Crippen LogP contribution is -2.06. The van der Waals surface area contributed by atoms with Crippen molar-refractivity contribution in [2.24, 2.45) is 5.92 Å². The van der Waals surface area contributed by atoms with Crippen molar-refractivity contribution in [3.05, 3.63) is 46.7 Å². The third kappa shape index (κ3) is 2.62. The molecule has 1 aliphatic carbocycles. The minimum absolute atomic E-state index is 0.728. The smallest absolute Gasteiger partial charge is 0.0708 e. The minimum Gasteiger partial charge on any atom is -0.253 e. The summed E-state index contributed by atoms with van der Waals surface area (Å²) in [4.78, 5) is 4.69. The van der Waals surface area contributed by atoms with Gasteiger partial charge >= 0.3 is 0 Å². The molecule has 0 fully saturated rings. The highest BCUT2D eigenvalue weighted by atomic mass is 14.7. The summed E-state index contributed by atoms with van der Waals surface area (Å²) in [5.74, 6) is 0.728. The first-order valence-corrected chi connectivity index (χ1v) is 8.20. The number of aryl methyl sites for hydroxylation is 2. The van der Waals surface area contributed by atoms with Gasteiger partial charge in [-0.2, -0.15) is 0 Å². The number of nitrogens with zero attached hydrogens (tertiary/aromatic N) is 1. The molecule has 1 nitrogen and oxygen atoms in total. The summed E-state index contributed by atoms with van der Waals surface area (Å²) in [6, 6.07) is 9.08. The normalized spacial score (nSPS) is 19.3. The molecule has 110 valence electrons. The minimum atomic E-state index is 0.728. The maximum atomic E-state index is 4.69. The second kappa shape index (κ2) is 5.63. The van der Waals surface area contributed by atoms with Crippen molar-refractivity contribution < 1.29 is 0 Å². The number of aromatic nitrogens is 1. The molecule has 0 amide bonds. The average Bonchev–Trinajstić information content (AvgIpc) is 2.49. The molecule has 0 radical (unpaired) electrons. The Morgan fingerprint density at radius 2 is 2.00 bits per heavy atom. The number of benzene rings is 1. The number of fused-ring (bicyclic) bond motifs is 1. The lowest BCUT2D eigenvalue weighted by atomic mass is 9.81. The van der Waals surface area contributed by atoms with Crippen molar-refractivity contribution in [2.45, 2.75) is 53.4 Å². The quantitative estimate of drug-likeness (QED) is 0.687. The van der Waals surface area contributed by atoms with E-state index in [-0.39, 0.29) is 0 Å². The second-order valence-corrected chi connectivity index (χ2v) is 6.46. The first kappa shape index (κ1) is 14.3. The highest BCUT2D eigenvalue weighted by Crippen LogP contribution is 2.36. The number of pyridine rings is 1. The fourth-order valence-corrected chi connectivity index (χ4v) is 3.59. The summed E-state index contributed by atoms with van der Waals surface area (Å²) in [7, 11) is 0. The predicted octanol–water partition coefficient (Wildman–Crippen LogP) is 5.70. The van der Waals surface area contributed by atoms with E-state index in [1.807, 2.05) is 0 Å². The molecule has 0 saturated heterocycles. The largest absolute Gasteiger partial charge is 0.253 e. The van der Waals surface area contributed by atoms with E-state index >= 15 is 0 Å². The third-order valence-corrected chi connectivity index (χ3v) is 5.03. The number of rotatable bonds is 2. The van der Waals surface area contributed by atoms with Crippen molar-refractivity contribution in [2.75, 3.05) is 0 Å². The molecule has 1 atom stereocenters. The highest BCUT2D eigenvalue weighted by Gasteiger charge is 2.17. The summed E-state index contributed by atoms with van der Waals surface area (Å²) >= 11 is 0. The van der Waals surface area contributed by atoms with Gasteiger partial charge in [0.15, 0.2) is 0 Å². The Hall–Kier alpha value is -1.63. The fraction of sp³-hybridized carbons (Fsp3) is 0.450. The zero-order chi connectivity index (χ0) is 15.0. The average molecular weight is 279 g/mol. The summed E-state index contributed by atoms with van der Waals surface area (Å²) in [6.45, 7) is 8.99. The number of hydrogen-bond acceptors (Lipinski definition) is 1. The van der Waals surface area contributed by atoms with Crippen LogP contribution in [0.15, 0.2) is 29.8 Å². The van der Waals surface area contributed by atoms with Gasteiger partial charge in [0.25, 0.3) is 0 Å². The van der Waals surface area contributed by atoms with Crippen molar-refractivity contribution in [3.63, 3.8) is 0 Å². The van der Waals surface area contributed by atoms with E-state index < -0.39 is 0 Å². The molecule has 0 saturated carbocycles. The third-order valence-electron chi connectivity index (χ3n) is 5.03. The Morgan fingerprint density at radius 3 is 2.76 bits per heavy atom. The molecule has 3 rings (SSSR count). The van der Waals surface area contributed by atoms with E-state index in [0.29, 0.717) is 0 Å². The van der Waals surface area contributed by atoms with Gasteiger partial charge in [-0.15, -0.1) is 0 Å². The topological polar surface area (TPSA) is 12.9 Å². The maximum absolute atomic E-state index is 4.69. The van der Waals surface area contributed by atoms with Crippen LogP contribution in [0.2, 0.25) is 0 Å². The van der Waals surface area contributed by atoms with Gasteiger partial charge in [0, 0.05) is 11.1 Å². The van der Waals surface area contributed by atoms with Crippen molar-refractivity contribution in [3.8, 4) is 0 Å². The van der Waals surface area contributed by atoms with E-state index in [1.54, 1.807) is 11.1 Å². The van der Waals surface area contributed by atoms with Gasteiger partial charge in [-0.1, -0.05) is 25.5 Å². The fourth-order valence-electron chi connectivity index (χ4n) is 3.59. The maximum Gasteiger partial charge on any atom is 0.0708 e. The number of allylic oxidation sites excluding steroid dienone is 2. The van der Waals surface area contributed by atoms with Crippen molar-refractivity contribution in [1.82, 2.24) is 4.98 Å². The molecule has 1 aliphatic rings. The molecule has 0 aliphatic heterocycles. The Labute approximate surface area is 128 Å². The summed E-state index contributed by atoms with van der Waals surface area (Å²) in [5.41, 5.74) is 8.23. The van der Waals surface area contributed by atoms with Gasteiger partial charge in [0.2, 0.25) is 0 Å². The Morgan fingerprint density at radius 1 is 1.19 bits per heavy atom. The van der Waals surface area contributed by atoms with Crippen LogP contribution in [0.1, 0.15) is 56.9 Å². The molecule has 1 unspecified atom stereocenters. The van der Waals surface area contributed by atoms with E-state index in [9.17, 15) is 0 Å². The Kier molecular flexibility index (Phi) is 3.84. The van der Waals surface area contributed by atoms with Gasteiger partial charge < -0.3 is 0 Å². The first-order valence-electron chi connectivity index (χ1n) is 8.20. The van der Waals surface area contributed by atoms with Crippen LogP contribution in [0.4, 0.5) is 0 Å². The summed E-state index contributed by atoms with van der Waals surface area (Å²) in [5, 5.41) is 1.33. The van der Waals surface area contributed by atoms with Crippen molar-refractivity contribution in [1.29, 1.82) is 0 Å². The SMILES string of the molecule is CCc1cc(C)nc2ccc(C3=C(C)C(C)CCC3)cc12. The highest BCUT2D eigenvalue weighted by molar-refractivity contribution is 5.87.